The molecule has 0 amide bonds. The van der Waals surface area contributed by atoms with E-state index in [1.165, 1.54) is 36.3 Å². The van der Waals surface area contributed by atoms with Gasteiger partial charge in [0.2, 0.25) is 0 Å². The van der Waals surface area contributed by atoms with Crippen molar-refractivity contribution in [2.24, 2.45) is 0 Å². The number of rotatable bonds is 1. The van der Waals surface area contributed by atoms with Crippen molar-refractivity contribution in [3.8, 4) is 0 Å². The van der Waals surface area contributed by atoms with Gasteiger partial charge in [-0.25, -0.2) is 0 Å². The van der Waals surface area contributed by atoms with Gasteiger partial charge in [-0.15, -0.1) is 0 Å². The van der Waals surface area contributed by atoms with Crippen molar-refractivity contribution in [2.45, 2.75) is 19.3 Å². The topological polar surface area (TPSA) is 20.2 Å². The van der Waals surface area contributed by atoms with Crippen molar-refractivity contribution in [3.05, 3.63) is 11.6 Å². The maximum atomic E-state index is 8.63. The van der Waals surface area contributed by atoms with Gasteiger partial charge in [0.15, 0.2) is 0 Å². The first-order chi connectivity index (χ1) is 4.93. The average molecular weight is 158 g/mol. The molecule has 0 radical (unpaired) electrons. The Morgan fingerprint density at radius 1 is 1.40 bits per heavy atom. The van der Waals surface area contributed by atoms with Crippen LogP contribution in [0, 0.1) is 0 Å². The summed E-state index contributed by atoms with van der Waals surface area (Å²) in [5.41, 5.74) is 1.45. The summed E-state index contributed by atoms with van der Waals surface area (Å²) in [5, 5.41) is 8.63. The molecular weight excluding hydrogens is 144 g/mol. The first-order valence-electron chi connectivity index (χ1n) is 3.80. The first kappa shape index (κ1) is 8.15. The molecule has 1 heterocycles. The van der Waals surface area contributed by atoms with Crippen LogP contribution in [-0.2, 0) is 0 Å². The summed E-state index contributed by atoms with van der Waals surface area (Å²) < 4.78 is 0. The minimum atomic E-state index is 0.222. The van der Waals surface area contributed by atoms with E-state index in [4.69, 9.17) is 5.11 Å². The molecule has 10 heavy (non-hydrogen) atoms. The molecule has 0 aromatic rings. The van der Waals surface area contributed by atoms with Crippen molar-refractivity contribution in [3.63, 3.8) is 0 Å². The van der Waals surface area contributed by atoms with Crippen LogP contribution in [-0.4, -0.2) is 23.2 Å². The van der Waals surface area contributed by atoms with Gasteiger partial charge in [0.05, 0.1) is 6.61 Å². The van der Waals surface area contributed by atoms with Gasteiger partial charge in [-0.3, -0.25) is 0 Å². The molecule has 1 saturated heterocycles. The summed E-state index contributed by atoms with van der Waals surface area (Å²) in [7, 11) is 0. The molecule has 1 rings (SSSR count). The van der Waals surface area contributed by atoms with E-state index in [2.05, 4.69) is 0 Å². The van der Waals surface area contributed by atoms with Crippen molar-refractivity contribution in [1.82, 2.24) is 0 Å². The van der Waals surface area contributed by atoms with Crippen LogP contribution in [0.5, 0.6) is 0 Å². The zero-order chi connectivity index (χ0) is 7.23. The fraction of sp³-hybridized carbons (Fsp3) is 0.750. The zero-order valence-corrected chi connectivity index (χ0v) is 6.99. The Kier molecular flexibility index (Phi) is 3.91. The normalized spacial score (nSPS) is 24.7. The van der Waals surface area contributed by atoms with Crippen LogP contribution in [0.15, 0.2) is 11.6 Å². The SMILES string of the molecule is OC/C=C1\CCCSCC1. The molecule has 1 fully saturated rings. The third-order valence-corrected chi connectivity index (χ3v) is 2.80. The Labute approximate surface area is 66.5 Å². The number of aliphatic hydroxyl groups is 1. The van der Waals surface area contributed by atoms with Gasteiger partial charge in [-0.05, 0) is 30.8 Å². The Bertz CT molecular complexity index is 110. The number of allylic oxidation sites excluding steroid dienone is 1. The van der Waals surface area contributed by atoms with Crippen LogP contribution < -0.4 is 0 Å². The molecule has 1 aliphatic heterocycles. The maximum absolute atomic E-state index is 8.63. The molecule has 0 bridgehead atoms. The number of aliphatic hydroxyl groups excluding tert-OH is 1. The van der Waals surface area contributed by atoms with Crippen LogP contribution in [0.25, 0.3) is 0 Å². The molecule has 0 aromatic heterocycles. The molecule has 0 atom stereocenters. The van der Waals surface area contributed by atoms with E-state index in [0.29, 0.717) is 0 Å². The summed E-state index contributed by atoms with van der Waals surface area (Å²) in [6.45, 7) is 0.222. The first-order valence-corrected chi connectivity index (χ1v) is 4.95. The molecule has 0 saturated carbocycles. The summed E-state index contributed by atoms with van der Waals surface area (Å²) in [5.74, 6) is 2.54. The van der Waals surface area contributed by atoms with E-state index >= 15 is 0 Å². The number of thioether (sulfide) groups is 1. The highest BCUT2D eigenvalue weighted by molar-refractivity contribution is 7.99. The van der Waals surface area contributed by atoms with Gasteiger partial charge < -0.3 is 5.11 Å². The molecule has 1 N–H and O–H groups in total. The fourth-order valence-electron chi connectivity index (χ4n) is 1.16. The Hall–Kier alpha value is 0.0500. The molecular formula is C8H14OS. The van der Waals surface area contributed by atoms with Gasteiger partial charge in [0, 0.05) is 0 Å². The lowest BCUT2D eigenvalue weighted by Gasteiger charge is -1.98. The summed E-state index contributed by atoms with van der Waals surface area (Å²) in [4.78, 5) is 0. The van der Waals surface area contributed by atoms with E-state index in [0.717, 1.165) is 0 Å². The second-order valence-electron chi connectivity index (χ2n) is 2.51. The third kappa shape index (κ3) is 2.76. The van der Waals surface area contributed by atoms with Crippen LogP contribution in [0.1, 0.15) is 19.3 Å². The molecule has 0 aromatic carbocycles. The largest absolute Gasteiger partial charge is 0.392 e. The molecule has 2 heteroatoms. The van der Waals surface area contributed by atoms with E-state index in [1.54, 1.807) is 0 Å². The highest BCUT2D eigenvalue weighted by Crippen LogP contribution is 2.20. The average Bonchev–Trinajstić information content (AvgIpc) is 2.17. The molecule has 1 nitrogen and oxygen atoms in total. The fourth-order valence-corrected chi connectivity index (χ4v) is 2.12. The van der Waals surface area contributed by atoms with Crippen molar-refractivity contribution in [1.29, 1.82) is 0 Å². The van der Waals surface area contributed by atoms with Gasteiger partial charge in [0.25, 0.3) is 0 Å². The highest BCUT2D eigenvalue weighted by atomic mass is 32.2. The molecule has 0 aliphatic carbocycles. The zero-order valence-electron chi connectivity index (χ0n) is 6.18. The van der Waals surface area contributed by atoms with E-state index < -0.39 is 0 Å². The number of hydrogen-bond acceptors (Lipinski definition) is 2. The predicted molar refractivity (Wildman–Crippen MR) is 46.3 cm³/mol. The summed E-state index contributed by atoms with van der Waals surface area (Å²) in [6, 6.07) is 0. The van der Waals surface area contributed by atoms with Crippen LogP contribution in [0.3, 0.4) is 0 Å². The Morgan fingerprint density at radius 2 is 2.30 bits per heavy atom. The third-order valence-electron chi connectivity index (χ3n) is 1.73. The smallest absolute Gasteiger partial charge is 0.0615 e. The Morgan fingerprint density at radius 3 is 3.10 bits per heavy atom. The van der Waals surface area contributed by atoms with Gasteiger partial charge in [-0.1, -0.05) is 11.6 Å². The van der Waals surface area contributed by atoms with Crippen molar-refractivity contribution in [2.75, 3.05) is 18.1 Å². The predicted octanol–water partition coefficient (Wildman–Crippen LogP) is 1.82. The quantitative estimate of drug-likeness (QED) is 0.587. The minimum absolute atomic E-state index is 0.222. The second kappa shape index (κ2) is 4.80. The summed E-state index contributed by atoms with van der Waals surface area (Å²) >= 11 is 2.02. The molecule has 0 spiro atoms. The maximum Gasteiger partial charge on any atom is 0.0615 e. The molecule has 58 valence electrons. The second-order valence-corrected chi connectivity index (χ2v) is 3.74. The highest BCUT2D eigenvalue weighted by Gasteiger charge is 2.02. The van der Waals surface area contributed by atoms with Crippen molar-refractivity contribution < 1.29 is 5.11 Å². The number of hydrogen-bond donors (Lipinski definition) is 1. The molecule has 1 aliphatic rings. The van der Waals surface area contributed by atoms with E-state index in [1.807, 2.05) is 17.8 Å². The lowest BCUT2D eigenvalue weighted by molar-refractivity contribution is 0.341. The minimum Gasteiger partial charge on any atom is -0.392 e. The van der Waals surface area contributed by atoms with Gasteiger partial charge in [-0.2, -0.15) is 11.8 Å². The lowest BCUT2D eigenvalue weighted by atomic mass is 10.1. The van der Waals surface area contributed by atoms with Gasteiger partial charge >= 0.3 is 0 Å². The molecule has 0 unspecified atom stereocenters. The van der Waals surface area contributed by atoms with Crippen LogP contribution >= 0.6 is 11.8 Å². The Balaban J connectivity index is 2.35. The van der Waals surface area contributed by atoms with E-state index in [9.17, 15) is 0 Å². The standard InChI is InChI=1S/C8H14OS/c9-5-3-8-2-1-6-10-7-4-8/h3,9H,1-2,4-7H2/b8-3+. The summed E-state index contributed by atoms with van der Waals surface area (Å²) in [6.07, 6.45) is 5.64. The van der Waals surface area contributed by atoms with Crippen LogP contribution in [0.4, 0.5) is 0 Å². The lowest BCUT2D eigenvalue weighted by Crippen LogP contribution is -1.85. The van der Waals surface area contributed by atoms with Crippen molar-refractivity contribution >= 4 is 11.8 Å². The van der Waals surface area contributed by atoms with Gasteiger partial charge in [0.1, 0.15) is 0 Å². The van der Waals surface area contributed by atoms with Crippen LogP contribution in [0.2, 0.25) is 0 Å². The monoisotopic (exact) mass is 158 g/mol. The van der Waals surface area contributed by atoms with E-state index in [-0.39, 0.29) is 6.61 Å².